The van der Waals surface area contributed by atoms with Crippen molar-refractivity contribution in [3.63, 3.8) is 0 Å². The van der Waals surface area contributed by atoms with E-state index in [9.17, 15) is 14.4 Å². The van der Waals surface area contributed by atoms with Gasteiger partial charge in [-0.1, -0.05) is 12.1 Å². The second-order valence-electron chi connectivity index (χ2n) is 6.27. The van der Waals surface area contributed by atoms with Gasteiger partial charge in [0.25, 0.3) is 5.91 Å². The molecule has 25 heavy (non-hydrogen) atoms. The Kier molecular flexibility index (Phi) is 4.34. The zero-order chi connectivity index (χ0) is 18.2. The van der Waals surface area contributed by atoms with Gasteiger partial charge in [0.1, 0.15) is 6.54 Å². The van der Waals surface area contributed by atoms with Crippen molar-refractivity contribution in [2.75, 3.05) is 11.9 Å². The number of benzene rings is 1. The summed E-state index contributed by atoms with van der Waals surface area (Å²) in [6.45, 7) is 5.27. The molecule has 0 saturated carbocycles. The summed E-state index contributed by atoms with van der Waals surface area (Å²) in [4.78, 5) is 38.9. The number of carbonyl (C=O) groups is 3. The number of anilines is 1. The number of imide groups is 1. The minimum atomic E-state index is -1.12. The van der Waals surface area contributed by atoms with Crippen LogP contribution in [-0.4, -0.2) is 29.3 Å². The fourth-order valence-electron chi connectivity index (χ4n) is 2.73. The first kappa shape index (κ1) is 17.2. The zero-order valence-corrected chi connectivity index (χ0v) is 15.1. The first-order valence-corrected chi connectivity index (χ1v) is 8.74. The van der Waals surface area contributed by atoms with Crippen LogP contribution in [0.2, 0.25) is 0 Å². The standard InChI is InChI=1S/C18H19N3O3S/c1-11-6-7-13(9-12(11)2)19-15(22)10-21-16(23)18(3,20-17(21)24)14-5-4-8-25-14/h4-9H,10H2,1-3H3,(H,19,22)(H,20,24). The lowest BCUT2D eigenvalue weighted by Crippen LogP contribution is -2.41. The van der Waals surface area contributed by atoms with Gasteiger partial charge in [-0.3, -0.25) is 14.5 Å². The van der Waals surface area contributed by atoms with Crippen molar-refractivity contribution < 1.29 is 14.4 Å². The Bertz CT molecular complexity index is 847. The number of hydrogen-bond acceptors (Lipinski definition) is 4. The van der Waals surface area contributed by atoms with Crippen LogP contribution in [0.1, 0.15) is 22.9 Å². The molecule has 2 N–H and O–H groups in total. The first-order valence-electron chi connectivity index (χ1n) is 7.86. The van der Waals surface area contributed by atoms with E-state index >= 15 is 0 Å². The van der Waals surface area contributed by atoms with E-state index in [0.717, 1.165) is 20.9 Å². The Morgan fingerprint density at radius 3 is 2.64 bits per heavy atom. The molecule has 1 fully saturated rings. The molecular formula is C18H19N3O3S. The molecule has 2 heterocycles. The van der Waals surface area contributed by atoms with E-state index < -0.39 is 23.4 Å². The molecule has 2 aromatic rings. The predicted molar refractivity (Wildman–Crippen MR) is 96.5 cm³/mol. The number of carbonyl (C=O) groups excluding carboxylic acids is 3. The maximum atomic E-state index is 12.7. The topological polar surface area (TPSA) is 78.5 Å². The molecule has 0 aliphatic carbocycles. The van der Waals surface area contributed by atoms with E-state index in [1.54, 1.807) is 19.1 Å². The predicted octanol–water partition coefficient (Wildman–Crippen LogP) is 2.77. The van der Waals surface area contributed by atoms with Crippen molar-refractivity contribution in [2.45, 2.75) is 26.3 Å². The zero-order valence-electron chi connectivity index (χ0n) is 14.3. The molecule has 3 rings (SSSR count). The maximum Gasteiger partial charge on any atom is 0.325 e. The number of aryl methyl sites for hydroxylation is 2. The highest BCUT2D eigenvalue weighted by atomic mass is 32.1. The van der Waals surface area contributed by atoms with E-state index in [4.69, 9.17) is 0 Å². The van der Waals surface area contributed by atoms with Crippen molar-refractivity contribution in [3.05, 3.63) is 51.7 Å². The van der Waals surface area contributed by atoms with Gasteiger partial charge in [0.15, 0.2) is 5.54 Å². The minimum absolute atomic E-state index is 0.321. The summed E-state index contributed by atoms with van der Waals surface area (Å²) in [7, 11) is 0. The number of hydrogen-bond donors (Lipinski definition) is 2. The van der Waals surface area contributed by atoms with Crippen molar-refractivity contribution in [2.24, 2.45) is 0 Å². The highest BCUT2D eigenvalue weighted by molar-refractivity contribution is 7.10. The Morgan fingerprint density at radius 2 is 2.00 bits per heavy atom. The van der Waals surface area contributed by atoms with E-state index in [0.29, 0.717) is 5.69 Å². The van der Waals surface area contributed by atoms with Crippen LogP contribution in [0.3, 0.4) is 0 Å². The number of nitrogens with zero attached hydrogens (tertiary/aromatic N) is 1. The Morgan fingerprint density at radius 1 is 1.24 bits per heavy atom. The van der Waals surface area contributed by atoms with E-state index in [-0.39, 0.29) is 6.54 Å². The largest absolute Gasteiger partial charge is 0.325 e. The van der Waals surface area contributed by atoms with E-state index in [2.05, 4.69) is 10.6 Å². The van der Waals surface area contributed by atoms with Crippen LogP contribution in [-0.2, 0) is 15.1 Å². The molecule has 1 aliphatic rings. The summed E-state index contributed by atoms with van der Waals surface area (Å²) in [6, 6.07) is 8.61. The average molecular weight is 357 g/mol. The van der Waals surface area contributed by atoms with Crippen molar-refractivity contribution in [1.29, 1.82) is 0 Å². The molecule has 4 amide bonds. The lowest BCUT2D eigenvalue weighted by Gasteiger charge is -2.20. The molecule has 130 valence electrons. The van der Waals surface area contributed by atoms with Gasteiger partial charge in [-0.2, -0.15) is 0 Å². The van der Waals surface area contributed by atoms with E-state index in [1.807, 2.05) is 37.4 Å². The van der Waals surface area contributed by atoms with Gasteiger partial charge in [-0.05, 0) is 55.5 Å². The normalized spacial score (nSPS) is 19.9. The van der Waals surface area contributed by atoms with Crippen molar-refractivity contribution >= 4 is 34.9 Å². The number of urea groups is 1. The van der Waals surface area contributed by atoms with Crippen molar-refractivity contribution in [1.82, 2.24) is 10.2 Å². The van der Waals surface area contributed by atoms with Gasteiger partial charge >= 0.3 is 6.03 Å². The van der Waals surface area contributed by atoms with E-state index in [1.165, 1.54) is 11.3 Å². The molecule has 0 bridgehead atoms. The Labute approximate surface area is 149 Å². The summed E-state index contributed by atoms with van der Waals surface area (Å²) in [5.41, 5.74) is 1.70. The smallest absolute Gasteiger partial charge is 0.325 e. The summed E-state index contributed by atoms with van der Waals surface area (Å²) in [6.07, 6.45) is 0. The monoisotopic (exact) mass is 357 g/mol. The molecule has 1 unspecified atom stereocenters. The molecule has 7 heteroatoms. The minimum Gasteiger partial charge on any atom is -0.325 e. The van der Waals surface area contributed by atoms with Crippen molar-refractivity contribution in [3.8, 4) is 0 Å². The molecule has 0 spiro atoms. The van der Waals surface area contributed by atoms with Crippen LogP contribution < -0.4 is 10.6 Å². The molecule has 6 nitrogen and oxygen atoms in total. The van der Waals surface area contributed by atoms with Crippen LogP contribution >= 0.6 is 11.3 Å². The maximum absolute atomic E-state index is 12.7. The summed E-state index contributed by atoms with van der Waals surface area (Å²) in [5.74, 6) is -0.836. The SMILES string of the molecule is Cc1ccc(NC(=O)CN2C(=O)NC(C)(c3cccs3)C2=O)cc1C. The number of thiophene rings is 1. The fraction of sp³-hybridized carbons (Fsp3) is 0.278. The van der Waals surface area contributed by atoms with Crippen LogP contribution in [0.15, 0.2) is 35.7 Å². The summed E-state index contributed by atoms with van der Waals surface area (Å²) in [5, 5.41) is 7.26. The summed E-state index contributed by atoms with van der Waals surface area (Å²) < 4.78 is 0. The van der Waals surface area contributed by atoms with Gasteiger partial charge in [-0.15, -0.1) is 11.3 Å². The molecule has 1 aromatic heterocycles. The first-order chi connectivity index (χ1) is 11.8. The highest BCUT2D eigenvalue weighted by Crippen LogP contribution is 2.31. The molecular weight excluding hydrogens is 338 g/mol. The Hall–Kier alpha value is -2.67. The molecule has 1 aliphatic heterocycles. The van der Waals surface area contributed by atoms with Gasteiger partial charge in [-0.25, -0.2) is 4.79 Å². The van der Waals surface area contributed by atoms with Crippen LogP contribution in [0, 0.1) is 13.8 Å². The fourth-order valence-corrected chi connectivity index (χ4v) is 3.57. The number of rotatable bonds is 4. The van der Waals surface area contributed by atoms with Gasteiger partial charge in [0.05, 0.1) is 0 Å². The second kappa shape index (κ2) is 6.33. The molecule has 1 saturated heterocycles. The van der Waals surface area contributed by atoms with Gasteiger partial charge < -0.3 is 10.6 Å². The van der Waals surface area contributed by atoms with Gasteiger partial charge in [0.2, 0.25) is 5.91 Å². The number of amides is 4. The summed E-state index contributed by atoms with van der Waals surface area (Å²) >= 11 is 1.39. The quantitative estimate of drug-likeness (QED) is 0.826. The Balaban J connectivity index is 1.72. The third kappa shape index (κ3) is 3.15. The lowest BCUT2D eigenvalue weighted by atomic mass is 10.0. The lowest BCUT2D eigenvalue weighted by molar-refractivity contribution is -0.133. The molecule has 0 radical (unpaired) electrons. The van der Waals surface area contributed by atoms with Crippen LogP contribution in [0.4, 0.5) is 10.5 Å². The van der Waals surface area contributed by atoms with Gasteiger partial charge in [0, 0.05) is 10.6 Å². The second-order valence-corrected chi connectivity index (χ2v) is 7.22. The third-order valence-corrected chi connectivity index (χ3v) is 5.47. The third-order valence-electron chi connectivity index (χ3n) is 4.38. The number of nitrogens with one attached hydrogen (secondary N) is 2. The van der Waals surface area contributed by atoms with Crippen LogP contribution in [0.5, 0.6) is 0 Å². The molecule has 1 atom stereocenters. The molecule has 1 aromatic carbocycles. The highest BCUT2D eigenvalue weighted by Gasteiger charge is 2.50. The average Bonchev–Trinajstić information content (AvgIpc) is 3.16. The van der Waals surface area contributed by atoms with Crippen LogP contribution in [0.25, 0.3) is 0 Å².